The molecule has 0 saturated carbocycles. The molecule has 1 rings (SSSR count). The lowest BCUT2D eigenvalue weighted by Gasteiger charge is -1.95. The first-order valence-corrected chi connectivity index (χ1v) is 5.90. The van der Waals surface area contributed by atoms with E-state index in [1.807, 2.05) is 18.2 Å². The number of hydrogen-bond donors (Lipinski definition) is 1. The first-order chi connectivity index (χ1) is 6.85. The highest BCUT2D eigenvalue weighted by Crippen LogP contribution is 1.97. The van der Waals surface area contributed by atoms with Gasteiger partial charge in [-0.2, -0.15) is 0 Å². The summed E-state index contributed by atoms with van der Waals surface area (Å²) in [4.78, 5) is 0. The van der Waals surface area contributed by atoms with Crippen molar-refractivity contribution in [3.8, 4) is 0 Å². The van der Waals surface area contributed by atoms with Crippen molar-refractivity contribution in [2.24, 2.45) is 0 Å². The quantitative estimate of drug-likeness (QED) is 0.753. The van der Waals surface area contributed by atoms with Gasteiger partial charge in [0.1, 0.15) is 10.5 Å². The maximum absolute atomic E-state index is 5.07. The van der Waals surface area contributed by atoms with Gasteiger partial charge in [0.25, 0.3) is 0 Å². The van der Waals surface area contributed by atoms with E-state index in [2.05, 4.69) is 31.3 Å². The Kier molecular flexibility index (Phi) is 9.96. The Bertz CT molecular complexity index is 202. The maximum Gasteiger partial charge on any atom is 0.146 e. The van der Waals surface area contributed by atoms with E-state index in [0.717, 1.165) is 30.2 Å². The Hall–Kier alpha value is -0.643. The summed E-state index contributed by atoms with van der Waals surface area (Å²) >= 11 is 0. The fourth-order valence-corrected chi connectivity index (χ4v) is 1.32. The predicted molar refractivity (Wildman–Crippen MR) is 65.4 cm³/mol. The van der Waals surface area contributed by atoms with Crippen LogP contribution >= 0.6 is 0 Å². The van der Waals surface area contributed by atoms with Gasteiger partial charge < -0.3 is 9.74 Å². The highest BCUT2D eigenvalue weighted by atomic mass is 28.2. The van der Waals surface area contributed by atoms with Crippen LogP contribution < -0.4 is 5.32 Å². The molecule has 0 heterocycles. The second kappa shape index (κ2) is 10.4. The number of rotatable bonds is 4. The Balaban J connectivity index is 0.000000292. The molecular formula is C11H21NOSi. The molecule has 0 amide bonds. The van der Waals surface area contributed by atoms with Gasteiger partial charge in [-0.05, 0) is 18.7 Å². The largest absolute Gasteiger partial charge is 0.424 e. The summed E-state index contributed by atoms with van der Waals surface area (Å²) in [6, 6.07) is 10.2. The van der Waals surface area contributed by atoms with E-state index in [1.54, 1.807) is 0 Å². The smallest absolute Gasteiger partial charge is 0.146 e. The first kappa shape index (κ1) is 13.4. The molecule has 0 bridgehead atoms. The van der Waals surface area contributed by atoms with Crippen molar-refractivity contribution in [2.45, 2.75) is 20.5 Å². The second-order valence-corrected chi connectivity index (χ2v) is 3.45. The summed E-state index contributed by atoms with van der Waals surface area (Å²) in [6.45, 7) is 7.16. The molecule has 0 radical (unpaired) electrons. The van der Waals surface area contributed by atoms with Crippen molar-refractivity contribution < 1.29 is 4.43 Å². The zero-order valence-electron chi connectivity index (χ0n) is 9.42. The fraction of sp³-hybridized carbons (Fsp3) is 0.455. The van der Waals surface area contributed by atoms with Gasteiger partial charge in [-0.1, -0.05) is 44.2 Å². The van der Waals surface area contributed by atoms with Gasteiger partial charge in [-0.3, -0.25) is 0 Å². The molecule has 0 unspecified atom stereocenters. The summed E-state index contributed by atoms with van der Waals surface area (Å²) < 4.78 is 5.07. The summed E-state index contributed by atoms with van der Waals surface area (Å²) in [5, 5.41) is 3.11. The van der Waals surface area contributed by atoms with Crippen LogP contribution in [0.4, 0.5) is 0 Å². The van der Waals surface area contributed by atoms with Crippen LogP contribution in [-0.4, -0.2) is 23.6 Å². The molecule has 0 aliphatic carbocycles. The van der Waals surface area contributed by atoms with Gasteiger partial charge in [-0.15, -0.1) is 0 Å². The third-order valence-electron chi connectivity index (χ3n) is 1.65. The van der Waals surface area contributed by atoms with Crippen LogP contribution in [0.15, 0.2) is 30.3 Å². The van der Waals surface area contributed by atoms with Crippen LogP contribution in [0.2, 0.25) is 0 Å². The molecule has 0 aliphatic heterocycles. The Morgan fingerprint density at radius 1 is 1.14 bits per heavy atom. The molecule has 2 nitrogen and oxygen atoms in total. The summed E-state index contributed by atoms with van der Waals surface area (Å²) in [7, 11) is 0.824. The molecule has 14 heavy (non-hydrogen) atoms. The standard InChI is InChI=1S/C7H10OSi.C4H11N/c9-8-6-7-4-2-1-3-5-7;1-3-5-4-2/h1-5H,6H2,9H3;5H,3-4H2,1-2H3. The highest BCUT2D eigenvalue weighted by molar-refractivity contribution is 5.97. The Morgan fingerprint density at radius 3 is 2.07 bits per heavy atom. The monoisotopic (exact) mass is 211 g/mol. The van der Waals surface area contributed by atoms with E-state index >= 15 is 0 Å². The van der Waals surface area contributed by atoms with E-state index in [4.69, 9.17) is 4.43 Å². The lowest BCUT2D eigenvalue weighted by Crippen LogP contribution is -2.09. The third kappa shape index (κ3) is 7.98. The minimum atomic E-state index is 0.771. The predicted octanol–water partition coefficient (Wildman–Crippen LogP) is 1.10. The van der Waals surface area contributed by atoms with E-state index in [9.17, 15) is 0 Å². The van der Waals surface area contributed by atoms with E-state index in [0.29, 0.717) is 0 Å². The lowest BCUT2D eigenvalue weighted by molar-refractivity contribution is 0.338. The van der Waals surface area contributed by atoms with Crippen molar-refractivity contribution >= 4 is 10.5 Å². The van der Waals surface area contributed by atoms with E-state index < -0.39 is 0 Å². The maximum atomic E-state index is 5.07. The van der Waals surface area contributed by atoms with Crippen LogP contribution in [0.3, 0.4) is 0 Å². The van der Waals surface area contributed by atoms with Gasteiger partial charge in [0, 0.05) is 0 Å². The molecule has 0 spiro atoms. The molecule has 80 valence electrons. The van der Waals surface area contributed by atoms with E-state index in [-0.39, 0.29) is 0 Å². The number of benzene rings is 1. The van der Waals surface area contributed by atoms with E-state index in [1.165, 1.54) is 5.56 Å². The van der Waals surface area contributed by atoms with Gasteiger partial charge in [-0.25, -0.2) is 0 Å². The minimum Gasteiger partial charge on any atom is -0.424 e. The van der Waals surface area contributed by atoms with Crippen LogP contribution in [0.1, 0.15) is 19.4 Å². The Labute approximate surface area is 90.2 Å². The Morgan fingerprint density at radius 2 is 1.71 bits per heavy atom. The van der Waals surface area contributed by atoms with Crippen molar-refractivity contribution in [3.05, 3.63) is 35.9 Å². The van der Waals surface area contributed by atoms with Crippen LogP contribution in [0.25, 0.3) is 0 Å². The third-order valence-corrected chi connectivity index (χ3v) is 1.94. The van der Waals surface area contributed by atoms with Crippen LogP contribution in [-0.2, 0) is 11.0 Å². The molecule has 1 N–H and O–H groups in total. The summed E-state index contributed by atoms with van der Waals surface area (Å²) in [5.41, 5.74) is 1.26. The molecule has 0 aliphatic rings. The van der Waals surface area contributed by atoms with Gasteiger partial charge in [0.2, 0.25) is 0 Å². The SMILES string of the molecule is CCNCC.[SiH3]OCc1ccccc1. The molecule has 3 heteroatoms. The van der Waals surface area contributed by atoms with Crippen molar-refractivity contribution in [1.29, 1.82) is 0 Å². The van der Waals surface area contributed by atoms with Crippen molar-refractivity contribution in [1.82, 2.24) is 5.32 Å². The molecule has 0 fully saturated rings. The van der Waals surface area contributed by atoms with Crippen molar-refractivity contribution in [3.63, 3.8) is 0 Å². The number of nitrogens with one attached hydrogen (secondary N) is 1. The normalized spacial score (nSPS) is 9.29. The molecule has 1 aromatic carbocycles. The molecule has 0 saturated heterocycles. The second-order valence-electron chi connectivity index (χ2n) is 2.88. The zero-order valence-corrected chi connectivity index (χ0v) is 11.4. The molecule has 0 aromatic heterocycles. The van der Waals surface area contributed by atoms with Gasteiger partial charge >= 0.3 is 0 Å². The molecular weight excluding hydrogens is 190 g/mol. The highest BCUT2D eigenvalue weighted by Gasteiger charge is 1.84. The fourth-order valence-electron chi connectivity index (χ4n) is 0.991. The topological polar surface area (TPSA) is 21.3 Å². The van der Waals surface area contributed by atoms with Crippen molar-refractivity contribution in [2.75, 3.05) is 13.1 Å². The minimum absolute atomic E-state index is 0.771. The summed E-state index contributed by atoms with van der Waals surface area (Å²) in [6.07, 6.45) is 0. The average molecular weight is 211 g/mol. The lowest BCUT2D eigenvalue weighted by atomic mass is 10.2. The molecule has 1 aromatic rings. The zero-order chi connectivity index (χ0) is 10.6. The average Bonchev–Trinajstić information content (AvgIpc) is 2.22. The molecule has 0 atom stereocenters. The summed E-state index contributed by atoms with van der Waals surface area (Å²) in [5.74, 6) is 0. The number of hydrogen-bond acceptors (Lipinski definition) is 2. The van der Waals surface area contributed by atoms with Crippen LogP contribution in [0, 0.1) is 0 Å². The van der Waals surface area contributed by atoms with Gasteiger partial charge in [0.05, 0.1) is 6.61 Å². The van der Waals surface area contributed by atoms with Crippen LogP contribution in [0.5, 0.6) is 0 Å². The first-order valence-electron chi connectivity index (χ1n) is 5.08. The van der Waals surface area contributed by atoms with Gasteiger partial charge in [0.15, 0.2) is 0 Å².